The molecule has 0 fully saturated rings. The summed E-state index contributed by atoms with van der Waals surface area (Å²) in [7, 11) is 5.03. The maximum absolute atomic E-state index is 13.5. The van der Waals surface area contributed by atoms with Gasteiger partial charge >= 0.3 is 0 Å². The highest BCUT2D eigenvalue weighted by molar-refractivity contribution is 8.00. The minimum atomic E-state index is -0.559. The smallest absolute Gasteiger partial charge is 0.266 e. The normalized spacial score (nSPS) is 11.8. The van der Waals surface area contributed by atoms with Gasteiger partial charge in [0.05, 0.1) is 23.7 Å². The molecule has 1 aromatic heterocycles. The van der Waals surface area contributed by atoms with E-state index in [-0.39, 0.29) is 11.5 Å². The summed E-state index contributed by atoms with van der Waals surface area (Å²) >= 11 is 1.26. The zero-order valence-electron chi connectivity index (χ0n) is 18.1. The summed E-state index contributed by atoms with van der Waals surface area (Å²) in [6.45, 7) is 0. The number of aromatic nitrogens is 2. The summed E-state index contributed by atoms with van der Waals surface area (Å²) < 4.78 is 6.91. The van der Waals surface area contributed by atoms with Gasteiger partial charge in [-0.3, -0.25) is 14.2 Å². The molecule has 0 aliphatic heterocycles. The molecule has 32 heavy (non-hydrogen) atoms. The zero-order chi connectivity index (χ0) is 22.7. The molecule has 0 N–H and O–H groups in total. The van der Waals surface area contributed by atoms with Gasteiger partial charge in [0, 0.05) is 20.2 Å². The fourth-order valence-corrected chi connectivity index (χ4v) is 4.66. The topological polar surface area (TPSA) is 64.4 Å². The van der Waals surface area contributed by atoms with Crippen LogP contribution in [-0.2, 0) is 4.79 Å². The van der Waals surface area contributed by atoms with E-state index in [1.54, 1.807) is 42.8 Å². The Morgan fingerprint density at radius 1 is 1.00 bits per heavy atom. The first-order chi connectivity index (χ1) is 15.5. The van der Waals surface area contributed by atoms with E-state index in [0.29, 0.717) is 27.5 Å². The number of carbonyl (C=O) groups is 1. The van der Waals surface area contributed by atoms with E-state index >= 15 is 0 Å². The summed E-state index contributed by atoms with van der Waals surface area (Å²) in [5, 5.41) is 0.386. The number of hydrogen-bond acceptors (Lipinski definition) is 5. The summed E-state index contributed by atoms with van der Waals surface area (Å²) in [4.78, 5) is 33.0. The average molecular weight is 446 g/mol. The third-order valence-corrected chi connectivity index (χ3v) is 6.24. The van der Waals surface area contributed by atoms with E-state index < -0.39 is 5.25 Å². The third-order valence-electron chi connectivity index (χ3n) is 5.05. The molecule has 162 valence electrons. The Bertz CT molecular complexity index is 1320. The molecular weight excluding hydrogens is 422 g/mol. The lowest BCUT2D eigenvalue weighted by atomic mass is 10.1. The van der Waals surface area contributed by atoms with Crippen molar-refractivity contribution >= 4 is 28.6 Å². The Balaban J connectivity index is 1.94. The number of benzene rings is 3. The lowest BCUT2D eigenvalue weighted by Crippen LogP contribution is -2.28. The summed E-state index contributed by atoms with van der Waals surface area (Å²) in [5.41, 5.74) is 1.86. The Labute approximate surface area is 190 Å². The van der Waals surface area contributed by atoms with Crippen LogP contribution < -0.4 is 10.3 Å². The number of ether oxygens (including phenoxy) is 1. The minimum Gasteiger partial charge on any atom is -0.497 e. The number of hydrogen-bond donors (Lipinski definition) is 0. The number of nitrogens with zero attached hydrogens (tertiary/aromatic N) is 3. The number of thioether (sulfide) groups is 1. The van der Waals surface area contributed by atoms with Gasteiger partial charge in [0.2, 0.25) is 5.91 Å². The van der Waals surface area contributed by atoms with Gasteiger partial charge in [-0.2, -0.15) is 0 Å². The first-order valence-electron chi connectivity index (χ1n) is 10.1. The lowest BCUT2D eigenvalue weighted by Gasteiger charge is -2.22. The van der Waals surface area contributed by atoms with Crippen molar-refractivity contribution in [2.75, 3.05) is 21.2 Å². The standard InChI is InChI=1S/C25H23N3O3S/c1-27(2)24(30)22(17-10-5-4-6-11-17)32-25-26-21-15-8-7-14-20(21)23(29)28(25)18-12-9-13-19(16-18)31-3/h4-16,22H,1-3H3. The maximum Gasteiger partial charge on any atom is 0.266 e. The molecule has 0 bridgehead atoms. The highest BCUT2D eigenvalue weighted by Gasteiger charge is 2.26. The zero-order valence-corrected chi connectivity index (χ0v) is 18.9. The molecule has 1 heterocycles. The van der Waals surface area contributed by atoms with Crippen molar-refractivity contribution in [1.82, 2.24) is 14.5 Å². The molecule has 0 aliphatic carbocycles. The van der Waals surface area contributed by atoms with Crippen molar-refractivity contribution in [1.29, 1.82) is 0 Å². The summed E-state index contributed by atoms with van der Waals surface area (Å²) in [5.74, 6) is 0.545. The number of likely N-dealkylation sites (N-methyl/N-ethyl adjacent to an activating group) is 1. The second-order valence-corrected chi connectivity index (χ2v) is 8.47. The van der Waals surface area contributed by atoms with Crippen molar-refractivity contribution in [2.45, 2.75) is 10.4 Å². The van der Waals surface area contributed by atoms with Crippen molar-refractivity contribution in [3.05, 3.63) is 94.8 Å². The van der Waals surface area contributed by atoms with Gasteiger partial charge in [-0.1, -0.05) is 60.3 Å². The Kier molecular flexibility index (Phi) is 6.28. The fraction of sp³-hybridized carbons (Fsp3) is 0.160. The van der Waals surface area contributed by atoms with Gasteiger partial charge in [0.25, 0.3) is 5.56 Å². The van der Waals surface area contributed by atoms with Crippen LogP contribution in [0.2, 0.25) is 0 Å². The molecule has 4 aromatic rings. The number of rotatable bonds is 6. The van der Waals surface area contributed by atoms with Crippen molar-refractivity contribution < 1.29 is 9.53 Å². The SMILES string of the molecule is COc1cccc(-n2c(SC(C(=O)N(C)C)c3ccccc3)nc3ccccc3c2=O)c1. The molecule has 0 spiro atoms. The van der Waals surface area contributed by atoms with Crippen LogP contribution >= 0.6 is 11.8 Å². The predicted octanol–water partition coefficient (Wildman–Crippen LogP) is 4.32. The van der Waals surface area contributed by atoms with Gasteiger partial charge in [-0.25, -0.2) is 4.98 Å². The van der Waals surface area contributed by atoms with Crippen molar-refractivity contribution in [2.24, 2.45) is 0 Å². The van der Waals surface area contributed by atoms with Crippen molar-refractivity contribution in [3.63, 3.8) is 0 Å². The molecular formula is C25H23N3O3S. The highest BCUT2D eigenvalue weighted by atomic mass is 32.2. The second-order valence-electron chi connectivity index (χ2n) is 7.39. The second kappa shape index (κ2) is 9.28. The Hall–Kier alpha value is -3.58. The van der Waals surface area contributed by atoms with E-state index in [1.165, 1.54) is 11.8 Å². The first-order valence-corrected chi connectivity index (χ1v) is 11.0. The van der Waals surface area contributed by atoms with Gasteiger partial charge in [-0.05, 0) is 29.8 Å². The third kappa shape index (κ3) is 4.24. The highest BCUT2D eigenvalue weighted by Crippen LogP contribution is 2.36. The average Bonchev–Trinajstić information content (AvgIpc) is 2.82. The van der Waals surface area contributed by atoms with E-state index in [9.17, 15) is 9.59 Å². The fourth-order valence-electron chi connectivity index (χ4n) is 3.40. The largest absolute Gasteiger partial charge is 0.497 e. The predicted molar refractivity (Wildman–Crippen MR) is 128 cm³/mol. The summed E-state index contributed by atoms with van der Waals surface area (Å²) in [6.07, 6.45) is 0. The van der Waals surface area contributed by atoms with Gasteiger partial charge < -0.3 is 9.64 Å². The quantitative estimate of drug-likeness (QED) is 0.327. The van der Waals surface area contributed by atoms with Crippen LogP contribution in [-0.4, -0.2) is 41.6 Å². The molecule has 3 aromatic carbocycles. The molecule has 0 saturated carbocycles. The number of methoxy groups -OCH3 is 1. The van der Waals surface area contributed by atoms with Crippen LogP contribution in [0.1, 0.15) is 10.8 Å². The van der Waals surface area contributed by atoms with Crippen LogP contribution in [0.15, 0.2) is 88.8 Å². The summed E-state index contributed by atoms with van der Waals surface area (Å²) in [6, 6.07) is 24.0. The van der Waals surface area contributed by atoms with Crippen LogP contribution in [0.5, 0.6) is 5.75 Å². The van der Waals surface area contributed by atoms with Crippen LogP contribution in [0, 0.1) is 0 Å². The monoisotopic (exact) mass is 445 g/mol. The minimum absolute atomic E-state index is 0.0826. The molecule has 0 saturated heterocycles. The molecule has 1 atom stereocenters. The van der Waals surface area contributed by atoms with Gasteiger partial charge in [0.15, 0.2) is 5.16 Å². The van der Waals surface area contributed by atoms with E-state index in [2.05, 4.69) is 0 Å². The van der Waals surface area contributed by atoms with Crippen molar-refractivity contribution in [3.8, 4) is 11.4 Å². The molecule has 7 heteroatoms. The van der Waals surface area contributed by atoms with Gasteiger partial charge in [-0.15, -0.1) is 0 Å². The molecule has 0 radical (unpaired) electrons. The number of para-hydroxylation sites is 1. The molecule has 0 aliphatic rings. The Morgan fingerprint density at radius 2 is 1.72 bits per heavy atom. The molecule has 4 rings (SSSR count). The van der Waals surface area contributed by atoms with E-state index in [4.69, 9.17) is 9.72 Å². The van der Waals surface area contributed by atoms with Crippen LogP contribution in [0.3, 0.4) is 0 Å². The molecule has 6 nitrogen and oxygen atoms in total. The maximum atomic E-state index is 13.5. The molecule has 1 unspecified atom stereocenters. The number of amides is 1. The number of carbonyl (C=O) groups excluding carboxylic acids is 1. The number of fused-ring (bicyclic) bond motifs is 1. The molecule has 1 amide bonds. The van der Waals surface area contributed by atoms with E-state index in [0.717, 1.165) is 5.56 Å². The lowest BCUT2D eigenvalue weighted by molar-refractivity contribution is -0.128. The first kappa shape index (κ1) is 21.6. The Morgan fingerprint density at radius 3 is 2.44 bits per heavy atom. The van der Waals surface area contributed by atoms with Gasteiger partial charge in [0.1, 0.15) is 11.0 Å². The van der Waals surface area contributed by atoms with Crippen LogP contribution in [0.25, 0.3) is 16.6 Å². The van der Waals surface area contributed by atoms with Crippen LogP contribution in [0.4, 0.5) is 0 Å². The van der Waals surface area contributed by atoms with E-state index in [1.807, 2.05) is 66.7 Å².